The van der Waals surface area contributed by atoms with Gasteiger partial charge in [-0.2, -0.15) is 0 Å². The topological polar surface area (TPSA) is 145 Å². The highest BCUT2D eigenvalue weighted by molar-refractivity contribution is 7.14. The number of ether oxygens (including phenoxy) is 1. The fraction of sp³-hybridized carbons (Fsp3) is 0.333. The van der Waals surface area contributed by atoms with Crippen molar-refractivity contribution in [2.24, 2.45) is 5.92 Å². The summed E-state index contributed by atoms with van der Waals surface area (Å²) in [5.41, 5.74) is -0.314. The number of hydrogen-bond donors (Lipinski definition) is 2. The Morgan fingerprint density at radius 1 is 1.18 bits per heavy atom. The Hall–Kier alpha value is -3.31. The molecule has 2 N–H and O–H groups in total. The minimum atomic E-state index is -1.07. The second kappa shape index (κ2) is 11.5. The molecule has 2 aromatic rings. The average molecular weight is 496 g/mol. The van der Waals surface area contributed by atoms with Gasteiger partial charge < -0.3 is 15.4 Å². The van der Waals surface area contributed by atoms with Crippen LogP contribution < -0.4 is 10.6 Å². The molecule has 0 saturated heterocycles. The van der Waals surface area contributed by atoms with E-state index in [1.54, 1.807) is 26.0 Å². The molecule has 0 unspecified atom stereocenters. The standard InChI is InChI=1S/C21H22ClN3O7S/c1-11(2)19(24-20(28)15-6-4-13(25(30)31)8-16(15)22)21(29)32-10-17(27)18-7-5-14(33-18)9-23-12(3)26/h4-8,11,19H,9-10H2,1-3H3,(H,23,26)(H,24,28)/t19-/m0/s1. The van der Waals surface area contributed by atoms with Crippen molar-refractivity contribution in [3.63, 3.8) is 0 Å². The Balaban J connectivity index is 1.99. The first-order valence-corrected chi connectivity index (χ1v) is 11.0. The molecule has 2 rings (SSSR count). The molecule has 0 fully saturated rings. The van der Waals surface area contributed by atoms with Crippen molar-refractivity contribution in [3.05, 3.63) is 60.8 Å². The second-order valence-corrected chi connectivity index (χ2v) is 8.90. The zero-order chi connectivity index (χ0) is 24.7. The zero-order valence-corrected chi connectivity index (χ0v) is 19.6. The minimum absolute atomic E-state index is 0.0397. The maximum atomic E-state index is 12.6. The maximum Gasteiger partial charge on any atom is 0.329 e. The summed E-state index contributed by atoms with van der Waals surface area (Å²) in [5, 5.41) is 15.8. The lowest BCUT2D eigenvalue weighted by atomic mass is 10.0. The van der Waals surface area contributed by atoms with Crippen LogP contribution >= 0.6 is 22.9 Å². The SMILES string of the molecule is CC(=O)NCc1ccc(C(=O)COC(=O)[C@@H](NC(=O)c2ccc([N+](=O)[O-])cc2Cl)C(C)C)s1. The number of rotatable bonds is 10. The lowest BCUT2D eigenvalue weighted by molar-refractivity contribution is -0.384. The predicted molar refractivity (Wildman–Crippen MR) is 121 cm³/mol. The highest BCUT2D eigenvalue weighted by atomic mass is 35.5. The third-order valence-corrected chi connectivity index (χ3v) is 5.85. The van der Waals surface area contributed by atoms with Crippen LogP contribution in [0.25, 0.3) is 0 Å². The van der Waals surface area contributed by atoms with Gasteiger partial charge in [0.15, 0.2) is 6.61 Å². The number of Topliss-reactive ketones (excluding diaryl/α,β-unsaturated/α-hetero) is 1. The number of thiophene rings is 1. The number of nitrogens with zero attached hydrogens (tertiary/aromatic N) is 1. The van der Waals surface area contributed by atoms with Gasteiger partial charge in [0.25, 0.3) is 11.6 Å². The summed E-state index contributed by atoms with van der Waals surface area (Å²) in [5.74, 6) is -2.51. The number of carbonyl (C=O) groups excluding carboxylic acids is 4. The van der Waals surface area contributed by atoms with E-state index in [9.17, 15) is 29.3 Å². The van der Waals surface area contributed by atoms with Crippen LogP contribution in [0.2, 0.25) is 5.02 Å². The smallest absolute Gasteiger partial charge is 0.329 e. The van der Waals surface area contributed by atoms with Crippen molar-refractivity contribution in [1.29, 1.82) is 0 Å². The second-order valence-electron chi connectivity index (χ2n) is 7.32. The van der Waals surface area contributed by atoms with E-state index in [1.807, 2.05) is 0 Å². The van der Waals surface area contributed by atoms with E-state index in [0.29, 0.717) is 11.4 Å². The van der Waals surface area contributed by atoms with Gasteiger partial charge in [0, 0.05) is 23.9 Å². The Morgan fingerprint density at radius 3 is 2.45 bits per heavy atom. The molecule has 0 spiro atoms. The Labute approximate surface area is 198 Å². The van der Waals surface area contributed by atoms with Gasteiger partial charge in [0.1, 0.15) is 6.04 Å². The number of ketones is 1. The molecule has 1 aromatic heterocycles. The van der Waals surface area contributed by atoms with E-state index in [0.717, 1.165) is 17.0 Å². The van der Waals surface area contributed by atoms with Crippen molar-refractivity contribution in [2.45, 2.75) is 33.4 Å². The van der Waals surface area contributed by atoms with E-state index >= 15 is 0 Å². The van der Waals surface area contributed by atoms with Crippen molar-refractivity contribution in [1.82, 2.24) is 10.6 Å². The van der Waals surface area contributed by atoms with Crippen molar-refractivity contribution >= 4 is 52.2 Å². The summed E-state index contributed by atoms with van der Waals surface area (Å²) in [6, 6.07) is 5.56. The quantitative estimate of drug-likeness (QED) is 0.223. The molecule has 0 aliphatic carbocycles. The average Bonchev–Trinajstić information content (AvgIpc) is 3.22. The van der Waals surface area contributed by atoms with Gasteiger partial charge in [-0.1, -0.05) is 25.4 Å². The first kappa shape index (κ1) is 25.9. The molecular formula is C21H22ClN3O7S. The van der Waals surface area contributed by atoms with E-state index in [1.165, 1.54) is 24.3 Å². The van der Waals surface area contributed by atoms with Gasteiger partial charge in [-0.25, -0.2) is 4.79 Å². The van der Waals surface area contributed by atoms with Crippen LogP contribution in [0.15, 0.2) is 30.3 Å². The van der Waals surface area contributed by atoms with Crippen LogP contribution in [0.3, 0.4) is 0 Å². The third-order valence-electron chi connectivity index (χ3n) is 4.41. The number of benzene rings is 1. The van der Waals surface area contributed by atoms with Crippen LogP contribution in [0.5, 0.6) is 0 Å². The maximum absolute atomic E-state index is 12.6. The number of nitro groups is 1. The lowest BCUT2D eigenvalue weighted by Gasteiger charge is -2.21. The number of nitro benzene ring substituents is 1. The van der Waals surface area contributed by atoms with Gasteiger partial charge in [-0.3, -0.25) is 24.5 Å². The van der Waals surface area contributed by atoms with Gasteiger partial charge in [-0.05, 0) is 24.1 Å². The highest BCUT2D eigenvalue weighted by Gasteiger charge is 2.28. The molecule has 1 heterocycles. The number of non-ortho nitro benzene ring substituents is 1. The van der Waals surface area contributed by atoms with Crippen LogP contribution in [-0.4, -0.2) is 41.1 Å². The molecule has 10 nitrogen and oxygen atoms in total. The molecule has 0 aliphatic heterocycles. The highest BCUT2D eigenvalue weighted by Crippen LogP contribution is 2.23. The van der Waals surface area contributed by atoms with E-state index in [-0.39, 0.29) is 28.1 Å². The van der Waals surface area contributed by atoms with E-state index in [4.69, 9.17) is 16.3 Å². The number of hydrogen-bond acceptors (Lipinski definition) is 8. The molecule has 12 heteroatoms. The predicted octanol–water partition coefficient (Wildman–Crippen LogP) is 3.13. The molecule has 1 atom stereocenters. The Morgan fingerprint density at radius 2 is 1.88 bits per heavy atom. The van der Waals surface area contributed by atoms with Crippen molar-refractivity contribution in [2.75, 3.05) is 6.61 Å². The molecule has 0 aliphatic rings. The molecular weight excluding hydrogens is 474 g/mol. The molecule has 0 bridgehead atoms. The summed E-state index contributed by atoms with van der Waals surface area (Å²) < 4.78 is 5.12. The Kier molecular flexibility index (Phi) is 9.06. The van der Waals surface area contributed by atoms with Crippen LogP contribution in [0, 0.1) is 16.0 Å². The summed E-state index contributed by atoms with van der Waals surface area (Å²) in [6.07, 6.45) is 0. The van der Waals surface area contributed by atoms with Crippen molar-refractivity contribution in [3.8, 4) is 0 Å². The summed E-state index contributed by atoms with van der Waals surface area (Å²) in [4.78, 5) is 59.8. The molecule has 33 heavy (non-hydrogen) atoms. The van der Waals surface area contributed by atoms with Gasteiger partial charge in [-0.15, -0.1) is 11.3 Å². The van der Waals surface area contributed by atoms with Crippen LogP contribution in [0.1, 0.15) is 45.7 Å². The number of carbonyl (C=O) groups is 4. The Bertz CT molecular complexity index is 1080. The van der Waals surface area contributed by atoms with Gasteiger partial charge >= 0.3 is 5.97 Å². The van der Waals surface area contributed by atoms with Gasteiger partial charge in [0.05, 0.1) is 26.9 Å². The molecule has 2 amide bonds. The van der Waals surface area contributed by atoms with E-state index in [2.05, 4.69) is 10.6 Å². The number of nitrogens with one attached hydrogen (secondary N) is 2. The number of esters is 1. The summed E-state index contributed by atoms with van der Waals surface area (Å²) in [6.45, 7) is 4.52. The van der Waals surface area contributed by atoms with Crippen LogP contribution in [0.4, 0.5) is 5.69 Å². The third kappa shape index (κ3) is 7.36. The zero-order valence-electron chi connectivity index (χ0n) is 18.0. The van der Waals surface area contributed by atoms with Crippen LogP contribution in [-0.2, 0) is 20.9 Å². The summed E-state index contributed by atoms with van der Waals surface area (Å²) >= 11 is 7.15. The van der Waals surface area contributed by atoms with Crippen molar-refractivity contribution < 1.29 is 28.8 Å². The fourth-order valence-corrected chi connectivity index (χ4v) is 3.78. The summed E-state index contributed by atoms with van der Waals surface area (Å²) in [7, 11) is 0. The molecule has 176 valence electrons. The largest absolute Gasteiger partial charge is 0.456 e. The molecule has 1 aromatic carbocycles. The normalized spacial score (nSPS) is 11.5. The van der Waals surface area contributed by atoms with E-state index < -0.39 is 35.2 Å². The number of halogens is 1. The monoisotopic (exact) mass is 495 g/mol. The molecule has 0 saturated carbocycles. The molecule has 0 radical (unpaired) electrons. The minimum Gasteiger partial charge on any atom is -0.456 e. The fourth-order valence-electron chi connectivity index (χ4n) is 2.65. The van der Waals surface area contributed by atoms with Gasteiger partial charge in [0.2, 0.25) is 11.7 Å². The first-order chi connectivity index (χ1) is 15.5. The first-order valence-electron chi connectivity index (χ1n) is 9.77. The lowest BCUT2D eigenvalue weighted by Crippen LogP contribution is -2.45. The number of amides is 2.